The van der Waals surface area contributed by atoms with E-state index in [0.717, 1.165) is 87.4 Å². The van der Waals surface area contributed by atoms with E-state index >= 15 is 0 Å². The first-order valence-corrected chi connectivity index (χ1v) is 14.9. The molecule has 0 radical (unpaired) electrons. The van der Waals surface area contributed by atoms with Gasteiger partial charge in [0.2, 0.25) is 5.91 Å². The number of rotatable bonds is 14. The first-order chi connectivity index (χ1) is 19.8. The summed E-state index contributed by atoms with van der Waals surface area (Å²) in [6.07, 6.45) is 8.00. The Morgan fingerprint density at radius 3 is 2.66 bits per heavy atom. The molecule has 1 N–H and O–H groups in total. The van der Waals surface area contributed by atoms with Gasteiger partial charge in [0.15, 0.2) is 0 Å². The van der Waals surface area contributed by atoms with E-state index in [-0.39, 0.29) is 18.3 Å². The van der Waals surface area contributed by atoms with Crippen molar-refractivity contribution in [2.24, 2.45) is 0 Å². The number of unbranched alkanes of at least 4 members (excludes halogenated alkanes) is 2. The molecule has 41 heavy (non-hydrogen) atoms. The number of halogens is 1. The van der Waals surface area contributed by atoms with Crippen molar-refractivity contribution in [2.75, 3.05) is 33.7 Å². The van der Waals surface area contributed by atoms with Crippen LogP contribution in [0.3, 0.4) is 0 Å². The number of fused-ring (bicyclic) bond motifs is 2. The molecule has 0 aromatic heterocycles. The molecule has 1 atom stereocenters. The van der Waals surface area contributed by atoms with Gasteiger partial charge in [0.25, 0.3) is 0 Å². The van der Waals surface area contributed by atoms with Crippen LogP contribution in [-0.4, -0.2) is 74.0 Å². The number of amides is 1. The molecule has 1 spiro atoms. The van der Waals surface area contributed by atoms with E-state index < -0.39 is 11.6 Å². The van der Waals surface area contributed by atoms with Crippen molar-refractivity contribution < 1.29 is 23.9 Å². The summed E-state index contributed by atoms with van der Waals surface area (Å²) >= 11 is 6.09. The van der Waals surface area contributed by atoms with Gasteiger partial charge in [0.05, 0.1) is 11.6 Å². The van der Waals surface area contributed by atoms with Crippen molar-refractivity contribution in [3.8, 4) is 0 Å². The van der Waals surface area contributed by atoms with Crippen molar-refractivity contribution in [1.82, 2.24) is 15.1 Å². The Morgan fingerprint density at radius 1 is 1.17 bits per heavy atom. The van der Waals surface area contributed by atoms with Gasteiger partial charge < -0.3 is 19.7 Å². The third-order valence-corrected chi connectivity index (χ3v) is 8.81. The van der Waals surface area contributed by atoms with Crippen LogP contribution in [0.5, 0.6) is 0 Å². The van der Waals surface area contributed by atoms with Gasteiger partial charge in [-0.05, 0) is 62.5 Å². The number of ether oxygens (including phenoxy) is 1. The molecule has 2 aromatic carbocycles. The highest BCUT2D eigenvalue weighted by atomic mass is 35.5. The normalized spacial score (nSPS) is 16.8. The smallest absolute Gasteiger partial charge is 0.339 e. The molecule has 1 unspecified atom stereocenters. The fourth-order valence-electron chi connectivity index (χ4n) is 6.06. The Bertz CT molecular complexity index is 1260. The summed E-state index contributed by atoms with van der Waals surface area (Å²) in [6, 6.07) is 10.9. The summed E-state index contributed by atoms with van der Waals surface area (Å²) in [6.45, 7) is 3.22. The number of carbonyl (C=O) groups excluding carboxylic acids is 4. The molecule has 8 nitrogen and oxygen atoms in total. The number of nitrogens with one attached hydrogen (secondary N) is 1. The van der Waals surface area contributed by atoms with Crippen LogP contribution < -0.4 is 5.32 Å². The summed E-state index contributed by atoms with van der Waals surface area (Å²) in [7, 11) is 3.44. The van der Waals surface area contributed by atoms with Crippen molar-refractivity contribution in [3.05, 3.63) is 69.2 Å². The highest BCUT2D eigenvalue weighted by Gasteiger charge is 2.47. The molecule has 0 aliphatic carbocycles. The monoisotopic (exact) mass is 581 g/mol. The second-order valence-corrected chi connectivity index (χ2v) is 11.6. The van der Waals surface area contributed by atoms with E-state index in [9.17, 15) is 19.2 Å². The quantitative estimate of drug-likeness (QED) is 0.199. The lowest BCUT2D eigenvalue weighted by molar-refractivity contribution is -0.121. The number of nitrogens with zero attached hydrogens (tertiary/aromatic N) is 2. The second kappa shape index (κ2) is 14.2. The Balaban J connectivity index is 1.25. The number of hydrogen-bond acceptors (Lipinski definition) is 7. The molecule has 1 saturated heterocycles. The maximum Gasteiger partial charge on any atom is 0.339 e. The molecule has 9 heteroatoms. The largest absolute Gasteiger partial charge is 0.450 e. The van der Waals surface area contributed by atoms with Gasteiger partial charge in [-0.3, -0.25) is 14.5 Å². The van der Waals surface area contributed by atoms with Gasteiger partial charge >= 0.3 is 5.97 Å². The molecular formula is C32H40ClN3O5. The van der Waals surface area contributed by atoms with Crippen LogP contribution in [0.4, 0.5) is 0 Å². The van der Waals surface area contributed by atoms with E-state index in [4.69, 9.17) is 16.3 Å². The molecule has 0 bridgehead atoms. The van der Waals surface area contributed by atoms with Crippen LogP contribution >= 0.6 is 11.6 Å². The molecule has 220 valence electrons. The number of carbonyl (C=O) groups is 4. The summed E-state index contributed by atoms with van der Waals surface area (Å²) in [5, 5.41) is 3.14. The average Bonchev–Trinajstić information content (AvgIpc) is 3.24. The van der Waals surface area contributed by atoms with Crippen molar-refractivity contribution in [2.45, 2.75) is 69.6 Å². The standard InChI is InChI=1S/C32H40ClN3O5/c1-34-30(39)13-11-26(22-38)35(2)20-28-23(8-6-9-24(28)21-37)7-4-3-5-16-36-17-14-32(15-18-36)29-12-10-25(33)19-27(29)31(40)41-32/h6,8-10,12,19,21-22,26H,3-5,7,11,13-18,20H2,1-2H3,(H,34,39). The van der Waals surface area contributed by atoms with Gasteiger partial charge in [-0.1, -0.05) is 42.3 Å². The SMILES string of the molecule is CNC(=O)CCC(C=O)N(C)Cc1c(C=O)cccc1CCCCCN1CCC2(CC1)OC(=O)c1cc(Cl)ccc12. The van der Waals surface area contributed by atoms with E-state index in [1.54, 1.807) is 13.1 Å². The van der Waals surface area contributed by atoms with E-state index in [0.29, 0.717) is 29.1 Å². The fraction of sp³-hybridized carbons (Fsp3) is 0.500. The van der Waals surface area contributed by atoms with E-state index in [1.807, 2.05) is 36.2 Å². The topological polar surface area (TPSA) is 96.0 Å². The lowest BCUT2D eigenvalue weighted by atomic mass is 9.83. The molecule has 2 aliphatic rings. The lowest BCUT2D eigenvalue weighted by Gasteiger charge is -2.38. The zero-order valence-corrected chi connectivity index (χ0v) is 24.8. The third kappa shape index (κ3) is 7.42. The minimum absolute atomic E-state index is 0.0963. The van der Waals surface area contributed by atoms with Crippen molar-refractivity contribution in [3.63, 3.8) is 0 Å². The maximum atomic E-state index is 12.4. The number of hydrogen-bond donors (Lipinski definition) is 1. The first-order valence-electron chi connectivity index (χ1n) is 14.5. The average molecular weight is 582 g/mol. The number of benzene rings is 2. The Kier molecular flexibility index (Phi) is 10.7. The Labute approximate surface area is 247 Å². The molecule has 2 heterocycles. The van der Waals surface area contributed by atoms with Crippen LogP contribution in [0.25, 0.3) is 0 Å². The second-order valence-electron chi connectivity index (χ2n) is 11.2. The number of likely N-dealkylation sites (N-methyl/N-ethyl adjacent to an activating group) is 1. The minimum Gasteiger partial charge on any atom is -0.450 e. The zero-order valence-electron chi connectivity index (χ0n) is 24.0. The van der Waals surface area contributed by atoms with Gasteiger partial charge in [-0.15, -0.1) is 0 Å². The number of aldehydes is 2. The molecule has 1 amide bonds. The van der Waals surface area contributed by atoms with E-state index in [1.165, 1.54) is 0 Å². The Morgan fingerprint density at radius 2 is 1.95 bits per heavy atom. The number of piperidine rings is 1. The maximum absolute atomic E-state index is 12.4. The molecule has 2 aliphatic heterocycles. The van der Waals surface area contributed by atoms with Crippen molar-refractivity contribution in [1.29, 1.82) is 0 Å². The molecule has 1 fully saturated rings. The molecule has 0 saturated carbocycles. The van der Waals surface area contributed by atoms with Crippen LogP contribution in [0, 0.1) is 0 Å². The van der Waals surface area contributed by atoms with Crippen LogP contribution in [0.2, 0.25) is 5.02 Å². The summed E-state index contributed by atoms with van der Waals surface area (Å²) in [5.41, 5.74) is 3.76. The summed E-state index contributed by atoms with van der Waals surface area (Å²) < 4.78 is 5.87. The molecular weight excluding hydrogens is 542 g/mol. The fourth-order valence-corrected chi connectivity index (χ4v) is 6.23. The first kappa shape index (κ1) is 30.9. The summed E-state index contributed by atoms with van der Waals surface area (Å²) in [4.78, 5) is 52.0. The highest BCUT2D eigenvalue weighted by Crippen LogP contribution is 2.44. The van der Waals surface area contributed by atoms with Gasteiger partial charge in [0.1, 0.15) is 18.2 Å². The predicted octanol–water partition coefficient (Wildman–Crippen LogP) is 4.55. The van der Waals surface area contributed by atoms with Gasteiger partial charge in [-0.25, -0.2) is 4.79 Å². The Hall–Kier alpha value is -3.07. The lowest BCUT2D eigenvalue weighted by Crippen LogP contribution is -2.43. The number of aryl methyl sites for hydroxylation is 1. The summed E-state index contributed by atoms with van der Waals surface area (Å²) in [5.74, 6) is -0.369. The van der Waals surface area contributed by atoms with Gasteiger partial charge in [-0.2, -0.15) is 0 Å². The third-order valence-electron chi connectivity index (χ3n) is 8.58. The predicted molar refractivity (Wildman–Crippen MR) is 158 cm³/mol. The zero-order chi connectivity index (χ0) is 29.4. The molecule has 4 rings (SSSR count). The minimum atomic E-state index is -0.522. The number of esters is 1. The van der Waals surface area contributed by atoms with Crippen molar-refractivity contribution >= 4 is 36.0 Å². The van der Waals surface area contributed by atoms with Crippen LogP contribution in [0.1, 0.15) is 82.4 Å². The van der Waals surface area contributed by atoms with Gasteiger partial charge in [0, 0.05) is 62.1 Å². The van der Waals surface area contributed by atoms with Crippen LogP contribution in [0.15, 0.2) is 36.4 Å². The molecule has 2 aromatic rings. The highest BCUT2D eigenvalue weighted by molar-refractivity contribution is 6.31. The number of likely N-dealkylation sites (tertiary alicyclic amines) is 1. The van der Waals surface area contributed by atoms with Crippen LogP contribution in [-0.2, 0) is 32.9 Å². The van der Waals surface area contributed by atoms with E-state index in [2.05, 4.69) is 16.3 Å².